The van der Waals surface area contributed by atoms with E-state index in [4.69, 9.17) is 4.74 Å². The van der Waals surface area contributed by atoms with Crippen LogP contribution in [0.2, 0.25) is 0 Å². The van der Waals surface area contributed by atoms with Crippen molar-refractivity contribution in [3.63, 3.8) is 0 Å². The zero-order valence-electron chi connectivity index (χ0n) is 15.4. The quantitative estimate of drug-likeness (QED) is 0.247. The van der Waals surface area contributed by atoms with E-state index in [0.29, 0.717) is 24.9 Å². The van der Waals surface area contributed by atoms with Crippen molar-refractivity contribution in [3.05, 3.63) is 12.7 Å². The Morgan fingerprint density at radius 2 is 2.29 bits per heavy atom. The van der Waals surface area contributed by atoms with Gasteiger partial charge in [0.05, 0.1) is 0 Å². The number of guanidine groups is 1. The van der Waals surface area contributed by atoms with E-state index < -0.39 is 0 Å². The maximum absolute atomic E-state index is 11.9. The zero-order chi connectivity index (χ0) is 17.6. The molecule has 0 bridgehead atoms. The number of likely N-dealkylation sites (tertiary alicyclic amines) is 1. The molecule has 0 spiro atoms. The Morgan fingerprint density at radius 3 is 2.92 bits per heavy atom. The third-order valence-electron chi connectivity index (χ3n) is 4.13. The first-order valence-electron chi connectivity index (χ1n) is 9.23. The fraction of sp³-hybridized carbons (Fsp3) is 0.778. The molecule has 2 N–H and O–H groups in total. The minimum Gasteiger partial charge on any atom is -0.382 e. The van der Waals surface area contributed by atoms with E-state index in [1.165, 1.54) is 0 Å². The lowest BCUT2D eigenvalue weighted by Crippen LogP contribution is -2.42. The second-order valence-corrected chi connectivity index (χ2v) is 5.92. The van der Waals surface area contributed by atoms with Crippen LogP contribution in [0.4, 0.5) is 0 Å². The Morgan fingerprint density at radius 1 is 1.46 bits per heavy atom. The molecule has 1 aliphatic rings. The number of ether oxygens (including phenoxy) is 1. The van der Waals surface area contributed by atoms with Gasteiger partial charge in [0.25, 0.3) is 0 Å². The van der Waals surface area contributed by atoms with Gasteiger partial charge in [0.2, 0.25) is 5.91 Å². The fourth-order valence-electron chi connectivity index (χ4n) is 2.84. The summed E-state index contributed by atoms with van der Waals surface area (Å²) in [4.78, 5) is 18.5. The third-order valence-corrected chi connectivity index (χ3v) is 4.13. The van der Waals surface area contributed by atoms with Gasteiger partial charge in [-0.3, -0.25) is 9.79 Å². The lowest BCUT2D eigenvalue weighted by molar-refractivity contribution is -0.129. The first-order valence-corrected chi connectivity index (χ1v) is 9.23. The molecule has 1 saturated heterocycles. The molecule has 1 aliphatic heterocycles. The Kier molecular flexibility index (Phi) is 10.9. The molecule has 1 amide bonds. The van der Waals surface area contributed by atoms with E-state index in [2.05, 4.69) is 29.1 Å². The summed E-state index contributed by atoms with van der Waals surface area (Å²) < 4.78 is 5.33. The van der Waals surface area contributed by atoms with E-state index in [0.717, 1.165) is 64.5 Å². The summed E-state index contributed by atoms with van der Waals surface area (Å²) in [5.74, 6) is 1.10. The van der Waals surface area contributed by atoms with Crippen LogP contribution in [0.15, 0.2) is 17.6 Å². The predicted molar refractivity (Wildman–Crippen MR) is 99.3 cm³/mol. The van der Waals surface area contributed by atoms with Gasteiger partial charge in [-0.1, -0.05) is 13.0 Å². The average molecular weight is 338 g/mol. The van der Waals surface area contributed by atoms with Gasteiger partial charge >= 0.3 is 0 Å². The van der Waals surface area contributed by atoms with E-state index >= 15 is 0 Å². The minimum absolute atomic E-state index is 0.302. The largest absolute Gasteiger partial charge is 0.382 e. The Bertz CT molecular complexity index is 398. The van der Waals surface area contributed by atoms with E-state index in [1.807, 2.05) is 17.9 Å². The molecule has 1 fully saturated rings. The smallest absolute Gasteiger partial charge is 0.222 e. The molecule has 0 radical (unpaired) electrons. The van der Waals surface area contributed by atoms with Crippen molar-refractivity contribution in [2.45, 2.75) is 52.0 Å². The predicted octanol–water partition coefficient (Wildman–Crippen LogP) is 1.93. The first kappa shape index (κ1) is 20.5. The summed E-state index contributed by atoms with van der Waals surface area (Å²) in [6.07, 6.45) is 6.36. The van der Waals surface area contributed by atoms with Crippen molar-refractivity contribution < 1.29 is 9.53 Å². The Hall–Kier alpha value is -1.56. The molecule has 0 aromatic heterocycles. The molecule has 0 saturated carbocycles. The van der Waals surface area contributed by atoms with Crippen molar-refractivity contribution >= 4 is 11.9 Å². The van der Waals surface area contributed by atoms with Gasteiger partial charge in [-0.25, -0.2) is 0 Å². The summed E-state index contributed by atoms with van der Waals surface area (Å²) in [6, 6.07) is 0.325. The number of hydrogen-bond acceptors (Lipinski definition) is 3. The molecule has 24 heavy (non-hydrogen) atoms. The first-order chi connectivity index (χ1) is 11.7. The van der Waals surface area contributed by atoms with Crippen molar-refractivity contribution in [1.82, 2.24) is 15.5 Å². The van der Waals surface area contributed by atoms with E-state index in [-0.39, 0.29) is 0 Å². The van der Waals surface area contributed by atoms with Crippen molar-refractivity contribution in [2.24, 2.45) is 4.99 Å². The SMILES string of the molecule is C=CCNC(=NCCCOCC)NCCC(CC)N1CCCC1=O. The Labute approximate surface area is 146 Å². The molecular formula is C18H34N4O2. The molecule has 0 aliphatic carbocycles. The highest BCUT2D eigenvalue weighted by Gasteiger charge is 2.26. The molecular weight excluding hydrogens is 304 g/mol. The van der Waals surface area contributed by atoms with Crippen LogP contribution >= 0.6 is 0 Å². The number of amides is 1. The monoisotopic (exact) mass is 338 g/mol. The van der Waals surface area contributed by atoms with Gasteiger partial charge in [-0.05, 0) is 32.6 Å². The molecule has 138 valence electrons. The molecule has 1 unspecified atom stereocenters. The molecule has 0 aromatic carbocycles. The maximum atomic E-state index is 11.9. The number of rotatable bonds is 12. The van der Waals surface area contributed by atoms with Crippen LogP contribution < -0.4 is 10.6 Å². The van der Waals surface area contributed by atoms with Gasteiger partial charge in [0.15, 0.2) is 5.96 Å². The van der Waals surface area contributed by atoms with E-state index in [9.17, 15) is 4.79 Å². The number of aliphatic imine (C=N–C) groups is 1. The molecule has 1 rings (SSSR count). The number of hydrogen-bond donors (Lipinski definition) is 2. The van der Waals surface area contributed by atoms with Crippen LogP contribution in [0.3, 0.4) is 0 Å². The van der Waals surface area contributed by atoms with Gasteiger partial charge in [0.1, 0.15) is 0 Å². The topological polar surface area (TPSA) is 66.0 Å². The highest BCUT2D eigenvalue weighted by molar-refractivity contribution is 5.80. The second kappa shape index (κ2) is 12.8. The molecule has 6 nitrogen and oxygen atoms in total. The van der Waals surface area contributed by atoms with Crippen molar-refractivity contribution in [2.75, 3.05) is 39.4 Å². The Balaban J connectivity index is 2.37. The number of nitrogens with one attached hydrogen (secondary N) is 2. The van der Waals surface area contributed by atoms with Gasteiger partial charge in [0, 0.05) is 51.9 Å². The molecule has 0 aromatic rings. The number of nitrogens with zero attached hydrogens (tertiary/aromatic N) is 2. The van der Waals surface area contributed by atoms with E-state index in [1.54, 1.807) is 0 Å². The lowest BCUT2D eigenvalue weighted by atomic mass is 10.1. The van der Waals surface area contributed by atoms with Crippen molar-refractivity contribution in [1.29, 1.82) is 0 Å². The number of carbonyl (C=O) groups is 1. The highest BCUT2D eigenvalue weighted by atomic mass is 16.5. The standard InChI is InChI=1S/C18H34N4O2/c1-4-11-19-18(20-12-8-15-24-6-3)21-13-10-16(5-2)22-14-7-9-17(22)23/h4,16H,1,5-15H2,2-3H3,(H2,19,20,21). The highest BCUT2D eigenvalue weighted by Crippen LogP contribution is 2.17. The summed E-state index contributed by atoms with van der Waals surface area (Å²) >= 11 is 0. The summed E-state index contributed by atoms with van der Waals surface area (Å²) in [5, 5.41) is 6.59. The van der Waals surface area contributed by atoms with Crippen LogP contribution in [0.1, 0.15) is 46.0 Å². The summed E-state index contributed by atoms with van der Waals surface area (Å²) in [7, 11) is 0. The van der Waals surface area contributed by atoms with Crippen molar-refractivity contribution in [3.8, 4) is 0 Å². The van der Waals surface area contributed by atoms with Crippen LogP contribution in [0.5, 0.6) is 0 Å². The summed E-state index contributed by atoms with van der Waals surface area (Å²) in [5.41, 5.74) is 0. The zero-order valence-corrected chi connectivity index (χ0v) is 15.4. The average Bonchev–Trinajstić information content (AvgIpc) is 3.01. The molecule has 1 heterocycles. The second-order valence-electron chi connectivity index (χ2n) is 5.92. The van der Waals surface area contributed by atoms with Crippen LogP contribution in [0, 0.1) is 0 Å². The number of carbonyl (C=O) groups excluding carboxylic acids is 1. The summed E-state index contributed by atoms with van der Waals surface area (Å²) in [6.45, 7) is 12.5. The maximum Gasteiger partial charge on any atom is 0.222 e. The molecule has 1 atom stereocenters. The van der Waals surface area contributed by atoms with Gasteiger partial charge in [-0.2, -0.15) is 0 Å². The minimum atomic E-state index is 0.302. The fourth-order valence-corrected chi connectivity index (χ4v) is 2.84. The van der Waals surface area contributed by atoms with Crippen LogP contribution in [0.25, 0.3) is 0 Å². The lowest BCUT2D eigenvalue weighted by Gasteiger charge is -2.27. The van der Waals surface area contributed by atoms with Crippen LogP contribution in [-0.4, -0.2) is 62.2 Å². The van der Waals surface area contributed by atoms with Crippen LogP contribution in [-0.2, 0) is 9.53 Å². The van der Waals surface area contributed by atoms with Gasteiger partial charge < -0.3 is 20.3 Å². The normalized spacial score (nSPS) is 16.3. The third kappa shape index (κ3) is 7.81. The van der Waals surface area contributed by atoms with Gasteiger partial charge in [-0.15, -0.1) is 6.58 Å². The molecule has 6 heteroatoms.